The zero-order valence-electron chi connectivity index (χ0n) is 19.7. The number of piperidine rings is 2. The van der Waals surface area contributed by atoms with Crippen molar-refractivity contribution in [3.05, 3.63) is 64.7 Å². The van der Waals surface area contributed by atoms with E-state index in [0.717, 1.165) is 55.9 Å². The van der Waals surface area contributed by atoms with Crippen LogP contribution in [0.25, 0.3) is 0 Å². The van der Waals surface area contributed by atoms with E-state index in [-0.39, 0.29) is 29.7 Å². The smallest absolute Gasteiger partial charge is 0.255 e. The fourth-order valence-corrected chi connectivity index (χ4v) is 6.00. The van der Waals surface area contributed by atoms with Crippen LogP contribution < -0.4 is 15.4 Å². The third-order valence-electron chi connectivity index (χ3n) is 7.79. The number of para-hydroxylation sites is 1. The molecule has 2 N–H and O–H groups in total. The number of ether oxygens (including phenoxy) is 1. The highest BCUT2D eigenvalue weighted by Crippen LogP contribution is 2.36. The molecule has 2 saturated heterocycles. The number of nitrogens with zero attached hydrogens (tertiary/aromatic N) is 2. The van der Waals surface area contributed by atoms with Gasteiger partial charge in [0.25, 0.3) is 5.91 Å². The summed E-state index contributed by atoms with van der Waals surface area (Å²) in [5, 5.41) is 5.84. The SMILES string of the molecule is O=C1CCC(N2Cc3c(CN4Cc5ccccc5OC5(CCNCC5)C4)cccc3C2=O)C(=O)N1. The zero-order valence-corrected chi connectivity index (χ0v) is 19.7. The van der Waals surface area contributed by atoms with Crippen LogP contribution in [0.15, 0.2) is 42.5 Å². The molecule has 3 amide bonds. The van der Waals surface area contributed by atoms with E-state index >= 15 is 0 Å². The summed E-state index contributed by atoms with van der Waals surface area (Å²) in [4.78, 5) is 41.4. The number of rotatable bonds is 3. The van der Waals surface area contributed by atoms with Gasteiger partial charge in [-0.3, -0.25) is 24.6 Å². The van der Waals surface area contributed by atoms with Gasteiger partial charge in [-0.1, -0.05) is 30.3 Å². The first-order valence-electron chi connectivity index (χ1n) is 12.5. The highest BCUT2D eigenvalue weighted by molar-refractivity contribution is 6.05. The fraction of sp³-hybridized carbons (Fsp3) is 0.444. The van der Waals surface area contributed by atoms with Gasteiger partial charge < -0.3 is 15.0 Å². The summed E-state index contributed by atoms with van der Waals surface area (Å²) in [5.41, 5.74) is 3.70. The summed E-state index contributed by atoms with van der Waals surface area (Å²) in [6.45, 7) is 4.56. The third-order valence-corrected chi connectivity index (χ3v) is 7.79. The summed E-state index contributed by atoms with van der Waals surface area (Å²) in [7, 11) is 0. The summed E-state index contributed by atoms with van der Waals surface area (Å²) >= 11 is 0. The fourth-order valence-electron chi connectivity index (χ4n) is 6.00. The summed E-state index contributed by atoms with van der Waals surface area (Å²) in [6.07, 6.45) is 2.53. The monoisotopic (exact) mass is 474 g/mol. The number of benzene rings is 2. The molecular weight excluding hydrogens is 444 g/mol. The van der Waals surface area contributed by atoms with Crippen LogP contribution in [0.5, 0.6) is 5.75 Å². The Bertz CT molecular complexity index is 1190. The standard InChI is InChI=1S/C27H30N4O4/c32-24-9-8-22(25(33)29-24)31-16-21-18(5-3-6-20(21)26(31)34)14-30-15-19-4-1-2-7-23(19)35-27(17-30)10-12-28-13-11-27/h1-7,22,28H,8-17H2,(H,29,32,33). The Hall–Kier alpha value is -3.23. The summed E-state index contributed by atoms with van der Waals surface area (Å²) in [5.74, 6) is 0.190. The van der Waals surface area contributed by atoms with Crippen LogP contribution >= 0.6 is 0 Å². The van der Waals surface area contributed by atoms with Gasteiger partial charge in [0.05, 0.1) is 0 Å². The molecule has 0 saturated carbocycles. The number of amides is 3. The lowest BCUT2D eigenvalue weighted by molar-refractivity contribution is -0.136. The molecule has 0 aromatic heterocycles. The summed E-state index contributed by atoms with van der Waals surface area (Å²) < 4.78 is 6.66. The lowest BCUT2D eigenvalue weighted by Crippen LogP contribution is -2.52. The Labute approximate surface area is 204 Å². The van der Waals surface area contributed by atoms with Crippen LogP contribution in [-0.4, -0.2) is 58.8 Å². The van der Waals surface area contributed by atoms with Crippen LogP contribution in [-0.2, 0) is 29.2 Å². The number of hydrogen-bond donors (Lipinski definition) is 2. The Morgan fingerprint density at radius 1 is 1.00 bits per heavy atom. The predicted octanol–water partition coefficient (Wildman–Crippen LogP) is 1.96. The maximum Gasteiger partial charge on any atom is 0.255 e. The highest BCUT2D eigenvalue weighted by Gasteiger charge is 2.41. The van der Waals surface area contributed by atoms with Crippen molar-refractivity contribution in [3.8, 4) is 5.75 Å². The largest absolute Gasteiger partial charge is 0.486 e. The molecule has 6 rings (SSSR count). The maximum absolute atomic E-state index is 13.2. The maximum atomic E-state index is 13.2. The van der Waals surface area contributed by atoms with Crippen LogP contribution in [0.1, 0.15) is 52.7 Å². The Balaban J connectivity index is 1.28. The van der Waals surface area contributed by atoms with Crippen molar-refractivity contribution in [1.82, 2.24) is 20.4 Å². The van der Waals surface area contributed by atoms with E-state index in [4.69, 9.17) is 4.74 Å². The first-order valence-corrected chi connectivity index (χ1v) is 12.5. The number of carbonyl (C=O) groups is 3. The molecule has 4 aliphatic heterocycles. The van der Waals surface area contributed by atoms with Crippen molar-refractivity contribution in [2.24, 2.45) is 0 Å². The van der Waals surface area contributed by atoms with Gasteiger partial charge >= 0.3 is 0 Å². The minimum absolute atomic E-state index is 0.129. The first kappa shape index (κ1) is 22.2. The Morgan fingerprint density at radius 3 is 2.66 bits per heavy atom. The van der Waals surface area contributed by atoms with Gasteiger partial charge in [0, 0.05) is 56.6 Å². The molecule has 2 fully saturated rings. The van der Waals surface area contributed by atoms with Gasteiger partial charge in [-0.15, -0.1) is 0 Å². The molecule has 4 heterocycles. The van der Waals surface area contributed by atoms with E-state index < -0.39 is 6.04 Å². The van der Waals surface area contributed by atoms with Gasteiger partial charge in [-0.05, 0) is 42.8 Å². The molecule has 8 heteroatoms. The van der Waals surface area contributed by atoms with E-state index in [1.807, 2.05) is 18.2 Å². The Kier molecular flexibility index (Phi) is 5.57. The number of nitrogens with one attached hydrogen (secondary N) is 2. The third kappa shape index (κ3) is 4.10. The highest BCUT2D eigenvalue weighted by atomic mass is 16.5. The molecular formula is C27H30N4O4. The van der Waals surface area contributed by atoms with Gasteiger partial charge in [0.1, 0.15) is 17.4 Å². The van der Waals surface area contributed by atoms with Crippen molar-refractivity contribution in [3.63, 3.8) is 0 Å². The molecule has 1 spiro atoms. The second kappa shape index (κ2) is 8.77. The molecule has 0 aliphatic carbocycles. The van der Waals surface area contributed by atoms with E-state index in [9.17, 15) is 14.4 Å². The lowest BCUT2D eigenvalue weighted by atomic mass is 9.91. The normalized spacial score (nSPS) is 23.9. The quantitative estimate of drug-likeness (QED) is 0.661. The second-order valence-electron chi connectivity index (χ2n) is 10.1. The average Bonchev–Trinajstić information content (AvgIpc) is 3.09. The molecule has 35 heavy (non-hydrogen) atoms. The van der Waals surface area contributed by atoms with Gasteiger partial charge in [0.2, 0.25) is 11.8 Å². The number of carbonyl (C=O) groups excluding carboxylic acids is 3. The van der Waals surface area contributed by atoms with E-state index in [0.29, 0.717) is 25.1 Å². The zero-order chi connectivity index (χ0) is 24.0. The van der Waals surface area contributed by atoms with Crippen LogP contribution in [0, 0.1) is 0 Å². The predicted molar refractivity (Wildman–Crippen MR) is 129 cm³/mol. The van der Waals surface area contributed by atoms with Gasteiger partial charge in [0.15, 0.2) is 0 Å². The molecule has 1 atom stereocenters. The van der Waals surface area contributed by atoms with E-state index in [1.165, 1.54) is 5.56 Å². The van der Waals surface area contributed by atoms with Crippen molar-refractivity contribution < 1.29 is 19.1 Å². The minimum atomic E-state index is -0.600. The van der Waals surface area contributed by atoms with Crippen molar-refractivity contribution >= 4 is 17.7 Å². The molecule has 2 aromatic rings. The molecule has 182 valence electrons. The minimum Gasteiger partial charge on any atom is -0.486 e. The molecule has 1 unspecified atom stereocenters. The molecule has 0 radical (unpaired) electrons. The molecule has 4 aliphatic rings. The number of imide groups is 1. The van der Waals surface area contributed by atoms with Crippen LogP contribution in [0.4, 0.5) is 0 Å². The lowest BCUT2D eigenvalue weighted by Gasteiger charge is -2.39. The summed E-state index contributed by atoms with van der Waals surface area (Å²) in [6, 6.07) is 13.6. The van der Waals surface area contributed by atoms with Crippen LogP contribution in [0.2, 0.25) is 0 Å². The average molecular weight is 475 g/mol. The molecule has 2 aromatic carbocycles. The Morgan fingerprint density at radius 2 is 1.83 bits per heavy atom. The van der Waals surface area contributed by atoms with Crippen molar-refractivity contribution in [2.75, 3.05) is 19.6 Å². The number of hydrogen-bond acceptors (Lipinski definition) is 6. The molecule has 0 bridgehead atoms. The second-order valence-corrected chi connectivity index (χ2v) is 10.1. The topological polar surface area (TPSA) is 91.0 Å². The van der Waals surface area contributed by atoms with E-state index in [1.54, 1.807) is 4.90 Å². The van der Waals surface area contributed by atoms with Crippen LogP contribution in [0.3, 0.4) is 0 Å². The van der Waals surface area contributed by atoms with Gasteiger partial charge in [-0.25, -0.2) is 0 Å². The first-order chi connectivity index (χ1) is 17.0. The van der Waals surface area contributed by atoms with Crippen molar-refractivity contribution in [1.29, 1.82) is 0 Å². The van der Waals surface area contributed by atoms with Crippen molar-refractivity contribution in [2.45, 2.75) is 57.0 Å². The van der Waals surface area contributed by atoms with Gasteiger partial charge in [-0.2, -0.15) is 0 Å². The number of fused-ring (bicyclic) bond motifs is 2. The molecule has 8 nitrogen and oxygen atoms in total. The van der Waals surface area contributed by atoms with E-state index in [2.05, 4.69) is 39.8 Å².